The van der Waals surface area contributed by atoms with Gasteiger partial charge >= 0.3 is 6.09 Å². The molecule has 1 fully saturated rings. The van der Waals surface area contributed by atoms with Gasteiger partial charge in [-0.05, 0) is 65.0 Å². The normalized spacial score (nSPS) is 16.7. The van der Waals surface area contributed by atoms with Gasteiger partial charge in [-0.15, -0.1) is 0 Å². The lowest BCUT2D eigenvalue weighted by atomic mass is 10.0. The summed E-state index contributed by atoms with van der Waals surface area (Å²) in [4.78, 5) is 62.5. The van der Waals surface area contributed by atoms with E-state index in [2.05, 4.69) is 16.0 Å². The van der Waals surface area contributed by atoms with E-state index in [1.807, 2.05) is 20.8 Å². The number of benzene rings is 1. The first-order chi connectivity index (χ1) is 20.6. The number of amides is 5. The van der Waals surface area contributed by atoms with Crippen LogP contribution in [0.25, 0.3) is 0 Å². The van der Waals surface area contributed by atoms with Crippen molar-refractivity contribution in [3.05, 3.63) is 29.3 Å². The lowest BCUT2D eigenvalue weighted by Gasteiger charge is -2.27. The van der Waals surface area contributed by atoms with E-state index in [4.69, 9.17) is 9.47 Å². The van der Waals surface area contributed by atoms with Crippen molar-refractivity contribution < 1.29 is 33.4 Å². The molecule has 1 atom stereocenters. The summed E-state index contributed by atoms with van der Waals surface area (Å²) in [5.41, 5.74) is 0.700. The van der Waals surface area contributed by atoms with Gasteiger partial charge in [0.05, 0.1) is 11.1 Å². The first-order valence-corrected chi connectivity index (χ1v) is 15.7. The van der Waals surface area contributed by atoms with Gasteiger partial charge in [0, 0.05) is 38.4 Å². The minimum Gasteiger partial charge on any atom is -0.444 e. The summed E-state index contributed by atoms with van der Waals surface area (Å²) in [5, 5.41) is 8.30. The summed E-state index contributed by atoms with van der Waals surface area (Å²) in [5.74, 6) is -2.00. The highest BCUT2D eigenvalue weighted by atomic mass is 16.6. The smallest absolute Gasteiger partial charge is 0.407 e. The SMILES string of the molecule is CC(C)(C)OC(=O)NCCCCCCCCOCCCCCCNc1cccc2c1C(=O)N(C1CCC(=O)NC1=O)C2=O. The van der Waals surface area contributed by atoms with Gasteiger partial charge in [-0.3, -0.25) is 29.4 Å². The quantitative estimate of drug-likeness (QED) is 0.159. The number of carbonyl (C=O) groups is 5. The number of unbranched alkanes of at least 4 members (excludes halogenated alkanes) is 8. The third-order valence-corrected chi connectivity index (χ3v) is 7.38. The highest BCUT2D eigenvalue weighted by Crippen LogP contribution is 2.32. The van der Waals surface area contributed by atoms with Crippen LogP contribution in [0.15, 0.2) is 18.2 Å². The molecule has 0 spiro atoms. The molecule has 3 N–H and O–H groups in total. The first-order valence-electron chi connectivity index (χ1n) is 15.7. The van der Waals surface area contributed by atoms with Gasteiger partial charge < -0.3 is 20.1 Å². The third kappa shape index (κ3) is 10.9. The number of rotatable bonds is 18. The highest BCUT2D eigenvalue weighted by molar-refractivity contribution is 6.25. The number of anilines is 1. The maximum Gasteiger partial charge on any atom is 0.407 e. The van der Waals surface area contributed by atoms with Crippen LogP contribution in [0.2, 0.25) is 0 Å². The molecule has 5 amide bonds. The van der Waals surface area contributed by atoms with E-state index in [0.717, 1.165) is 75.9 Å². The molecule has 2 aliphatic heterocycles. The largest absolute Gasteiger partial charge is 0.444 e. The molecule has 1 aromatic rings. The Labute approximate surface area is 254 Å². The van der Waals surface area contributed by atoms with E-state index in [9.17, 15) is 24.0 Å². The van der Waals surface area contributed by atoms with Crippen molar-refractivity contribution in [3.63, 3.8) is 0 Å². The van der Waals surface area contributed by atoms with Crippen LogP contribution in [0.5, 0.6) is 0 Å². The molecule has 0 aliphatic carbocycles. The van der Waals surface area contributed by atoms with Crippen molar-refractivity contribution in [2.24, 2.45) is 0 Å². The fourth-order valence-corrected chi connectivity index (χ4v) is 5.21. The molecule has 2 aliphatic rings. The summed E-state index contributed by atoms with van der Waals surface area (Å²) >= 11 is 0. The zero-order valence-electron chi connectivity index (χ0n) is 25.9. The molecular weight excluding hydrogens is 552 g/mol. The third-order valence-electron chi connectivity index (χ3n) is 7.38. The van der Waals surface area contributed by atoms with Gasteiger partial charge in [0.15, 0.2) is 0 Å². The molecule has 3 rings (SSSR count). The topological polar surface area (TPSA) is 143 Å². The number of imide groups is 2. The number of nitrogens with zero attached hydrogens (tertiary/aromatic N) is 1. The maximum atomic E-state index is 13.2. The molecule has 0 radical (unpaired) electrons. The van der Waals surface area contributed by atoms with Crippen molar-refractivity contribution >= 4 is 35.4 Å². The highest BCUT2D eigenvalue weighted by Gasteiger charge is 2.45. The van der Waals surface area contributed by atoms with Crippen molar-refractivity contribution in [2.75, 3.05) is 31.6 Å². The summed E-state index contributed by atoms with van der Waals surface area (Å²) < 4.78 is 11.0. The van der Waals surface area contributed by atoms with Crippen LogP contribution in [0.3, 0.4) is 0 Å². The van der Waals surface area contributed by atoms with Crippen molar-refractivity contribution in [1.82, 2.24) is 15.5 Å². The summed E-state index contributed by atoms with van der Waals surface area (Å²) in [7, 11) is 0. The molecule has 11 nitrogen and oxygen atoms in total. The fraction of sp³-hybridized carbons (Fsp3) is 0.656. The van der Waals surface area contributed by atoms with Gasteiger partial charge in [-0.2, -0.15) is 0 Å². The number of alkyl carbamates (subject to hydrolysis) is 1. The Bertz CT molecular complexity index is 1130. The van der Waals surface area contributed by atoms with E-state index in [-0.39, 0.29) is 24.5 Å². The maximum absolute atomic E-state index is 13.2. The van der Waals surface area contributed by atoms with Crippen LogP contribution in [-0.2, 0) is 19.1 Å². The molecule has 0 aromatic heterocycles. The summed E-state index contributed by atoms with van der Waals surface area (Å²) in [6.07, 6.45) is 10.4. The van der Waals surface area contributed by atoms with E-state index in [0.29, 0.717) is 24.3 Å². The number of hydrogen-bond donors (Lipinski definition) is 3. The minimum atomic E-state index is -0.966. The second-order valence-electron chi connectivity index (χ2n) is 12.2. The molecule has 11 heteroatoms. The predicted molar refractivity (Wildman–Crippen MR) is 163 cm³/mol. The van der Waals surface area contributed by atoms with Crippen LogP contribution in [0.1, 0.15) is 119 Å². The number of ether oxygens (including phenoxy) is 2. The van der Waals surface area contributed by atoms with Crippen LogP contribution in [-0.4, -0.2) is 72.6 Å². The number of nitrogens with one attached hydrogen (secondary N) is 3. The Balaban J connectivity index is 1.19. The second kappa shape index (κ2) is 17.0. The second-order valence-corrected chi connectivity index (χ2v) is 12.2. The van der Waals surface area contributed by atoms with Gasteiger partial charge in [0.2, 0.25) is 11.8 Å². The minimum absolute atomic E-state index is 0.0964. The molecule has 1 aromatic carbocycles. The van der Waals surface area contributed by atoms with Gasteiger partial charge in [-0.1, -0.05) is 44.6 Å². The molecule has 0 bridgehead atoms. The van der Waals surface area contributed by atoms with Crippen LogP contribution >= 0.6 is 0 Å². The molecule has 43 heavy (non-hydrogen) atoms. The van der Waals surface area contributed by atoms with Crippen LogP contribution < -0.4 is 16.0 Å². The van der Waals surface area contributed by atoms with E-state index in [1.54, 1.807) is 18.2 Å². The number of piperidine rings is 1. The number of carbonyl (C=O) groups excluding carboxylic acids is 5. The van der Waals surface area contributed by atoms with E-state index < -0.39 is 35.3 Å². The molecular formula is C32H48N4O7. The summed E-state index contributed by atoms with van der Waals surface area (Å²) in [6, 6.07) is 4.13. The average molecular weight is 601 g/mol. The van der Waals surface area contributed by atoms with Crippen molar-refractivity contribution in [2.45, 2.75) is 109 Å². The summed E-state index contributed by atoms with van der Waals surface area (Å²) in [6.45, 7) is 8.41. The monoisotopic (exact) mass is 600 g/mol. The molecule has 238 valence electrons. The molecule has 0 saturated carbocycles. The number of fused-ring (bicyclic) bond motifs is 1. The molecule has 2 heterocycles. The Hall–Kier alpha value is -3.47. The standard InChI is InChI=1S/C32H48N4O7/c1-32(2,3)43-31(41)34-20-11-6-4-5-8-12-21-42-22-13-9-7-10-19-33-24-16-14-15-23-27(24)30(40)36(29(23)39)25-17-18-26(37)35-28(25)38/h14-16,25,33H,4-13,17-22H2,1-3H3,(H,34,41)(H,35,37,38). The van der Waals surface area contributed by atoms with E-state index in [1.165, 1.54) is 6.42 Å². The predicted octanol–water partition coefficient (Wildman–Crippen LogP) is 4.94. The fourth-order valence-electron chi connectivity index (χ4n) is 5.21. The van der Waals surface area contributed by atoms with Crippen LogP contribution in [0, 0.1) is 0 Å². The lowest BCUT2D eigenvalue weighted by molar-refractivity contribution is -0.136. The average Bonchev–Trinajstić information content (AvgIpc) is 3.19. The molecule has 1 unspecified atom stereocenters. The van der Waals surface area contributed by atoms with Crippen LogP contribution in [0.4, 0.5) is 10.5 Å². The zero-order valence-corrected chi connectivity index (χ0v) is 25.9. The van der Waals surface area contributed by atoms with Gasteiger partial charge in [0.1, 0.15) is 11.6 Å². The van der Waals surface area contributed by atoms with Crippen molar-refractivity contribution in [1.29, 1.82) is 0 Å². The Morgan fingerprint density at radius 2 is 1.51 bits per heavy atom. The lowest BCUT2D eigenvalue weighted by Crippen LogP contribution is -2.54. The zero-order chi connectivity index (χ0) is 31.2. The van der Waals surface area contributed by atoms with Crippen molar-refractivity contribution in [3.8, 4) is 0 Å². The first kappa shape index (κ1) is 34.0. The number of hydrogen-bond acceptors (Lipinski definition) is 8. The Morgan fingerprint density at radius 3 is 2.16 bits per heavy atom. The Kier molecular flexibility index (Phi) is 13.4. The van der Waals surface area contributed by atoms with E-state index >= 15 is 0 Å². The Morgan fingerprint density at radius 1 is 0.884 bits per heavy atom. The van der Waals surface area contributed by atoms with Gasteiger partial charge in [-0.25, -0.2) is 4.79 Å². The van der Waals surface area contributed by atoms with Gasteiger partial charge in [0.25, 0.3) is 11.8 Å². The molecule has 1 saturated heterocycles.